The molecule has 4 N–H and O–H groups in total. The number of primary amides is 1. The number of anilines is 1. The number of hydrogen-bond donors (Lipinski definition) is 2. The summed E-state index contributed by atoms with van der Waals surface area (Å²) in [4.78, 5) is 27.2. The minimum atomic E-state index is -0.353. The molecule has 0 radical (unpaired) electrons. The van der Waals surface area contributed by atoms with E-state index in [4.69, 9.17) is 23.1 Å². The molecule has 0 unspecified atom stereocenters. The Morgan fingerprint density at radius 1 is 1.19 bits per heavy atom. The third-order valence-corrected chi connectivity index (χ3v) is 3.81. The summed E-state index contributed by atoms with van der Waals surface area (Å²) in [6.07, 6.45) is 0.791. The van der Waals surface area contributed by atoms with Crippen molar-refractivity contribution < 1.29 is 9.59 Å². The van der Waals surface area contributed by atoms with Gasteiger partial charge in [0.05, 0.1) is 17.1 Å². The lowest BCUT2D eigenvalue weighted by molar-refractivity contribution is -0.119. The lowest BCUT2D eigenvalue weighted by Crippen LogP contribution is -2.38. The highest BCUT2D eigenvalue weighted by Crippen LogP contribution is 2.21. The molecule has 2 rings (SSSR count). The summed E-state index contributed by atoms with van der Waals surface area (Å²) in [7, 11) is 0. The average Bonchev–Trinajstić information content (AvgIpc) is 2.66. The molecular formula is C14H19ClN4O2. The van der Waals surface area contributed by atoms with Gasteiger partial charge in [0, 0.05) is 31.9 Å². The van der Waals surface area contributed by atoms with Crippen molar-refractivity contribution in [3.05, 3.63) is 28.8 Å². The third kappa shape index (κ3) is 4.09. The number of amides is 2. The van der Waals surface area contributed by atoms with Crippen LogP contribution in [0.4, 0.5) is 5.69 Å². The predicted octanol–water partition coefficient (Wildman–Crippen LogP) is 0.555. The van der Waals surface area contributed by atoms with Crippen molar-refractivity contribution in [2.45, 2.75) is 6.42 Å². The van der Waals surface area contributed by atoms with Crippen LogP contribution < -0.4 is 11.5 Å². The third-order valence-electron chi connectivity index (χ3n) is 3.48. The van der Waals surface area contributed by atoms with Crippen molar-refractivity contribution >= 4 is 29.1 Å². The normalized spacial score (nSPS) is 16.5. The molecule has 21 heavy (non-hydrogen) atoms. The van der Waals surface area contributed by atoms with E-state index in [0.717, 1.165) is 13.0 Å². The van der Waals surface area contributed by atoms with E-state index in [1.165, 1.54) is 0 Å². The van der Waals surface area contributed by atoms with Crippen LogP contribution in [0.2, 0.25) is 5.02 Å². The topological polar surface area (TPSA) is 92.7 Å². The van der Waals surface area contributed by atoms with Crippen LogP contribution in [0.15, 0.2) is 18.2 Å². The Labute approximate surface area is 128 Å². The summed E-state index contributed by atoms with van der Waals surface area (Å²) in [5.41, 5.74) is 11.8. The van der Waals surface area contributed by atoms with Gasteiger partial charge in [-0.2, -0.15) is 0 Å². The average molecular weight is 311 g/mol. The van der Waals surface area contributed by atoms with Crippen LogP contribution in [0.1, 0.15) is 16.8 Å². The minimum Gasteiger partial charge on any atom is -0.399 e. The standard InChI is InChI=1S/C14H19ClN4O2/c15-12-3-2-10(16)8-11(12)14(21)19-5-1-4-18(6-7-19)9-13(17)20/h2-3,8H,1,4-7,9,16H2,(H2,17,20). The van der Waals surface area contributed by atoms with E-state index >= 15 is 0 Å². The quantitative estimate of drug-likeness (QED) is 0.798. The largest absolute Gasteiger partial charge is 0.399 e. The van der Waals surface area contributed by atoms with Crippen molar-refractivity contribution in [3.63, 3.8) is 0 Å². The second kappa shape index (κ2) is 6.78. The number of nitrogens with zero attached hydrogens (tertiary/aromatic N) is 2. The maximum Gasteiger partial charge on any atom is 0.255 e. The van der Waals surface area contributed by atoms with Crippen molar-refractivity contribution in [1.29, 1.82) is 0 Å². The molecule has 1 aliphatic heterocycles. The first-order valence-electron chi connectivity index (χ1n) is 6.82. The molecule has 1 aromatic carbocycles. The van der Waals surface area contributed by atoms with Gasteiger partial charge in [-0.25, -0.2) is 0 Å². The lowest BCUT2D eigenvalue weighted by Gasteiger charge is -2.22. The molecule has 0 aliphatic carbocycles. The van der Waals surface area contributed by atoms with Crippen molar-refractivity contribution in [1.82, 2.24) is 9.80 Å². The fraction of sp³-hybridized carbons (Fsp3) is 0.429. The minimum absolute atomic E-state index is 0.131. The van der Waals surface area contributed by atoms with Gasteiger partial charge in [-0.3, -0.25) is 14.5 Å². The molecule has 7 heteroatoms. The molecule has 0 atom stereocenters. The van der Waals surface area contributed by atoms with Crippen molar-refractivity contribution in [2.24, 2.45) is 5.73 Å². The number of carbonyl (C=O) groups excluding carboxylic acids is 2. The summed E-state index contributed by atoms with van der Waals surface area (Å²) in [5.74, 6) is -0.484. The van der Waals surface area contributed by atoms with Gasteiger partial charge >= 0.3 is 0 Å². The molecule has 0 aromatic heterocycles. The number of nitrogens with two attached hydrogens (primary N) is 2. The van der Waals surface area contributed by atoms with E-state index in [9.17, 15) is 9.59 Å². The maximum atomic E-state index is 12.5. The molecule has 114 valence electrons. The molecule has 0 bridgehead atoms. The first-order valence-corrected chi connectivity index (χ1v) is 7.20. The summed E-state index contributed by atoms with van der Waals surface area (Å²) in [6, 6.07) is 4.88. The molecule has 6 nitrogen and oxygen atoms in total. The number of rotatable bonds is 3. The summed E-state index contributed by atoms with van der Waals surface area (Å²) in [6.45, 7) is 2.75. The van der Waals surface area contributed by atoms with E-state index in [2.05, 4.69) is 0 Å². The van der Waals surface area contributed by atoms with Crippen LogP contribution >= 0.6 is 11.6 Å². The zero-order valence-corrected chi connectivity index (χ0v) is 12.5. The highest BCUT2D eigenvalue weighted by Gasteiger charge is 2.22. The molecule has 0 saturated carbocycles. The highest BCUT2D eigenvalue weighted by molar-refractivity contribution is 6.34. The molecule has 2 amide bonds. The Hall–Kier alpha value is -1.79. The summed E-state index contributed by atoms with van der Waals surface area (Å²) in [5, 5.41) is 0.396. The van der Waals surface area contributed by atoms with Gasteiger partial charge in [0.15, 0.2) is 0 Å². The number of nitrogen functional groups attached to an aromatic ring is 1. The maximum absolute atomic E-state index is 12.5. The molecular weight excluding hydrogens is 292 g/mol. The fourth-order valence-electron chi connectivity index (χ4n) is 2.43. The van der Waals surface area contributed by atoms with Crippen LogP contribution in [0.5, 0.6) is 0 Å². The van der Waals surface area contributed by atoms with Gasteiger partial charge < -0.3 is 16.4 Å². The SMILES string of the molecule is NC(=O)CN1CCCN(C(=O)c2cc(N)ccc2Cl)CC1. The van der Waals surface area contributed by atoms with E-state index in [1.807, 2.05) is 4.90 Å². The number of benzene rings is 1. The highest BCUT2D eigenvalue weighted by atomic mass is 35.5. The van der Waals surface area contributed by atoms with Crippen molar-refractivity contribution in [2.75, 3.05) is 38.5 Å². The Morgan fingerprint density at radius 3 is 2.67 bits per heavy atom. The van der Waals surface area contributed by atoms with Gasteiger partial charge in [0.25, 0.3) is 5.91 Å². The van der Waals surface area contributed by atoms with Gasteiger partial charge in [-0.1, -0.05) is 11.6 Å². The smallest absolute Gasteiger partial charge is 0.255 e. The van der Waals surface area contributed by atoms with Crippen LogP contribution in [0.3, 0.4) is 0 Å². The van der Waals surface area contributed by atoms with E-state index in [0.29, 0.717) is 35.9 Å². The van der Waals surface area contributed by atoms with Gasteiger partial charge in [0.2, 0.25) is 5.91 Å². The lowest BCUT2D eigenvalue weighted by atomic mass is 10.1. The molecule has 1 heterocycles. The van der Waals surface area contributed by atoms with Gasteiger partial charge in [-0.15, -0.1) is 0 Å². The summed E-state index contributed by atoms with van der Waals surface area (Å²) >= 11 is 6.07. The van der Waals surface area contributed by atoms with E-state index in [-0.39, 0.29) is 18.4 Å². The summed E-state index contributed by atoms with van der Waals surface area (Å²) < 4.78 is 0. The molecule has 1 saturated heterocycles. The van der Waals surface area contributed by atoms with Crippen LogP contribution in [-0.4, -0.2) is 54.3 Å². The number of carbonyl (C=O) groups is 2. The van der Waals surface area contributed by atoms with E-state index < -0.39 is 0 Å². The zero-order chi connectivity index (χ0) is 15.4. The Balaban J connectivity index is 2.06. The predicted molar refractivity (Wildman–Crippen MR) is 82.0 cm³/mol. The van der Waals surface area contributed by atoms with E-state index in [1.54, 1.807) is 23.1 Å². The van der Waals surface area contributed by atoms with Crippen LogP contribution in [0.25, 0.3) is 0 Å². The van der Waals surface area contributed by atoms with Crippen LogP contribution in [0, 0.1) is 0 Å². The Kier molecular flexibility index (Phi) is 5.03. The van der Waals surface area contributed by atoms with Crippen LogP contribution in [-0.2, 0) is 4.79 Å². The Bertz CT molecular complexity index is 550. The zero-order valence-electron chi connectivity index (χ0n) is 11.7. The van der Waals surface area contributed by atoms with Gasteiger partial charge in [-0.05, 0) is 24.6 Å². The second-order valence-corrected chi connectivity index (χ2v) is 5.53. The monoisotopic (exact) mass is 310 g/mol. The number of halogens is 1. The molecule has 1 aliphatic rings. The molecule has 1 aromatic rings. The fourth-order valence-corrected chi connectivity index (χ4v) is 2.63. The molecule has 1 fully saturated rings. The Morgan fingerprint density at radius 2 is 1.95 bits per heavy atom. The first-order chi connectivity index (χ1) is 9.97. The van der Waals surface area contributed by atoms with Crippen molar-refractivity contribution in [3.8, 4) is 0 Å². The second-order valence-electron chi connectivity index (χ2n) is 5.13. The number of hydrogen-bond acceptors (Lipinski definition) is 4. The van der Waals surface area contributed by atoms with Gasteiger partial charge in [0.1, 0.15) is 0 Å². The first kappa shape index (κ1) is 15.6. The molecule has 0 spiro atoms.